The normalized spacial score (nSPS) is 54.5. The lowest BCUT2D eigenvalue weighted by Gasteiger charge is -2.35. The Kier molecular flexibility index (Phi) is 1.29. The Morgan fingerprint density at radius 3 is 3.00 bits per heavy atom. The molecule has 1 heterocycles. The van der Waals surface area contributed by atoms with Crippen molar-refractivity contribution in [3.05, 3.63) is 0 Å². The maximum Gasteiger partial charge on any atom is 0.0967 e. The SMILES string of the molecule is C1N[C@H]2[C@@H]3CC[C@@H](C3)[C@H]2CO1. The van der Waals surface area contributed by atoms with Crippen LogP contribution in [0.4, 0.5) is 0 Å². The van der Waals surface area contributed by atoms with Crippen LogP contribution >= 0.6 is 0 Å². The summed E-state index contributed by atoms with van der Waals surface area (Å²) >= 11 is 0. The van der Waals surface area contributed by atoms with Crippen molar-refractivity contribution in [2.45, 2.75) is 25.3 Å². The van der Waals surface area contributed by atoms with Gasteiger partial charge in [0.15, 0.2) is 0 Å². The summed E-state index contributed by atoms with van der Waals surface area (Å²) in [6, 6.07) is 0.822. The van der Waals surface area contributed by atoms with E-state index in [2.05, 4.69) is 5.32 Å². The van der Waals surface area contributed by atoms with Crippen LogP contribution in [0.15, 0.2) is 0 Å². The molecule has 3 rings (SSSR count). The molecular weight excluding hydrogens is 138 g/mol. The predicted octanol–water partition coefficient (Wildman–Crippen LogP) is 0.978. The van der Waals surface area contributed by atoms with E-state index in [0.717, 1.165) is 37.1 Å². The van der Waals surface area contributed by atoms with Gasteiger partial charge in [-0.15, -0.1) is 0 Å². The molecule has 2 aliphatic carbocycles. The minimum atomic E-state index is 0.796. The molecule has 2 heteroatoms. The first-order valence-corrected chi connectivity index (χ1v) is 4.76. The summed E-state index contributed by atoms with van der Waals surface area (Å²) in [5, 5.41) is 3.49. The topological polar surface area (TPSA) is 21.3 Å². The number of nitrogens with one attached hydrogen (secondary N) is 1. The van der Waals surface area contributed by atoms with Crippen molar-refractivity contribution in [2.24, 2.45) is 17.8 Å². The lowest BCUT2D eigenvalue weighted by atomic mass is 9.84. The summed E-state index contributed by atoms with van der Waals surface area (Å²) in [5.74, 6) is 2.86. The van der Waals surface area contributed by atoms with Gasteiger partial charge in [-0.05, 0) is 31.1 Å². The van der Waals surface area contributed by atoms with Crippen molar-refractivity contribution in [3.8, 4) is 0 Å². The summed E-state index contributed by atoms with van der Waals surface area (Å²) < 4.78 is 5.42. The second kappa shape index (κ2) is 2.20. The summed E-state index contributed by atoms with van der Waals surface area (Å²) in [7, 11) is 0. The molecule has 0 aromatic rings. The molecular formula is C9H15NO. The maximum absolute atomic E-state index is 5.42. The van der Waals surface area contributed by atoms with E-state index in [1.165, 1.54) is 19.3 Å². The van der Waals surface area contributed by atoms with Gasteiger partial charge in [-0.1, -0.05) is 0 Å². The fourth-order valence-electron chi connectivity index (χ4n) is 3.32. The molecule has 1 aliphatic heterocycles. The van der Waals surface area contributed by atoms with Gasteiger partial charge in [0.1, 0.15) is 0 Å². The molecule has 0 spiro atoms. The highest BCUT2D eigenvalue weighted by Gasteiger charge is 2.48. The lowest BCUT2D eigenvalue weighted by Crippen LogP contribution is -2.48. The predicted molar refractivity (Wildman–Crippen MR) is 42.1 cm³/mol. The summed E-state index contributed by atoms with van der Waals surface area (Å²) in [4.78, 5) is 0. The molecule has 2 bridgehead atoms. The quantitative estimate of drug-likeness (QED) is 0.560. The standard InChI is InChI=1S/C9H15NO/c1-2-7-3-6(1)8-4-11-5-10-9(7)8/h6-10H,1-5H2/t6-,7+,8+,9-/m0/s1. The zero-order valence-electron chi connectivity index (χ0n) is 6.75. The van der Waals surface area contributed by atoms with E-state index in [0.29, 0.717) is 0 Å². The lowest BCUT2D eigenvalue weighted by molar-refractivity contribution is -0.00250. The smallest absolute Gasteiger partial charge is 0.0967 e. The first-order valence-electron chi connectivity index (χ1n) is 4.76. The minimum Gasteiger partial charge on any atom is -0.366 e. The van der Waals surface area contributed by atoms with Crippen LogP contribution in [0, 0.1) is 17.8 Å². The Morgan fingerprint density at radius 1 is 1.18 bits per heavy atom. The third kappa shape index (κ3) is 0.798. The van der Waals surface area contributed by atoms with Crippen molar-refractivity contribution in [1.82, 2.24) is 5.32 Å². The largest absolute Gasteiger partial charge is 0.366 e. The molecule has 3 fully saturated rings. The van der Waals surface area contributed by atoms with Crippen molar-refractivity contribution in [2.75, 3.05) is 13.3 Å². The second-order valence-electron chi connectivity index (χ2n) is 4.24. The maximum atomic E-state index is 5.42. The molecule has 0 unspecified atom stereocenters. The van der Waals surface area contributed by atoms with E-state index < -0.39 is 0 Å². The van der Waals surface area contributed by atoms with E-state index in [1.54, 1.807) is 0 Å². The average Bonchev–Trinajstić information content (AvgIpc) is 2.64. The van der Waals surface area contributed by atoms with Gasteiger partial charge in [-0.2, -0.15) is 0 Å². The van der Waals surface area contributed by atoms with Gasteiger partial charge in [0, 0.05) is 12.0 Å². The van der Waals surface area contributed by atoms with Gasteiger partial charge in [-0.25, -0.2) is 0 Å². The summed E-state index contributed by atoms with van der Waals surface area (Å²) in [6.45, 7) is 1.82. The molecule has 1 saturated heterocycles. The molecule has 0 aromatic carbocycles. The third-order valence-electron chi connectivity index (χ3n) is 3.82. The molecule has 4 atom stereocenters. The van der Waals surface area contributed by atoms with Crippen LogP contribution in [0.1, 0.15) is 19.3 Å². The number of rotatable bonds is 0. The number of hydrogen-bond acceptors (Lipinski definition) is 2. The molecule has 0 radical (unpaired) electrons. The molecule has 11 heavy (non-hydrogen) atoms. The monoisotopic (exact) mass is 153 g/mol. The number of ether oxygens (including phenoxy) is 1. The van der Waals surface area contributed by atoms with Crippen molar-refractivity contribution < 1.29 is 4.74 Å². The van der Waals surface area contributed by atoms with E-state index in [4.69, 9.17) is 4.74 Å². The molecule has 2 nitrogen and oxygen atoms in total. The van der Waals surface area contributed by atoms with Gasteiger partial charge in [-0.3, -0.25) is 5.32 Å². The summed E-state index contributed by atoms with van der Waals surface area (Å²) in [5.41, 5.74) is 0. The van der Waals surface area contributed by atoms with Crippen molar-refractivity contribution >= 4 is 0 Å². The molecule has 3 aliphatic rings. The Hall–Kier alpha value is -0.0800. The van der Waals surface area contributed by atoms with Crippen LogP contribution in [0.3, 0.4) is 0 Å². The fourth-order valence-corrected chi connectivity index (χ4v) is 3.32. The van der Waals surface area contributed by atoms with Gasteiger partial charge in [0.2, 0.25) is 0 Å². The zero-order chi connectivity index (χ0) is 7.26. The fraction of sp³-hybridized carbons (Fsp3) is 1.00. The van der Waals surface area contributed by atoms with E-state index in [9.17, 15) is 0 Å². The molecule has 0 aromatic heterocycles. The van der Waals surface area contributed by atoms with E-state index in [-0.39, 0.29) is 0 Å². The number of fused-ring (bicyclic) bond motifs is 5. The second-order valence-corrected chi connectivity index (χ2v) is 4.24. The average molecular weight is 153 g/mol. The first-order chi connectivity index (χ1) is 5.45. The van der Waals surface area contributed by atoms with Crippen LogP contribution < -0.4 is 5.32 Å². The first kappa shape index (κ1) is 6.44. The minimum absolute atomic E-state index is 0.796. The van der Waals surface area contributed by atoms with Crippen LogP contribution in [0.25, 0.3) is 0 Å². The summed E-state index contributed by atoms with van der Waals surface area (Å²) in [6.07, 6.45) is 4.42. The van der Waals surface area contributed by atoms with E-state index in [1.807, 2.05) is 0 Å². The van der Waals surface area contributed by atoms with Crippen LogP contribution in [-0.4, -0.2) is 19.4 Å². The zero-order valence-corrected chi connectivity index (χ0v) is 6.75. The molecule has 62 valence electrons. The Bertz CT molecular complexity index is 153. The molecule has 1 N–H and O–H groups in total. The van der Waals surface area contributed by atoms with Gasteiger partial charge in [0.25, 0.3) is 0 Å². The van der Waals surface area contributed by atoms with Gasteiger partial charge >= 0.3 is 0 Å². The van der Waals surface area contributed by atoms with Crippen LogP contribution in [0.2, 0.25) is 0 Å². The third-order valence-corrected chi connectivity index (χ3v) is 3.82. The molecule has 2 saturated carbocycles. The highest BCUT2D eigenvalue weighted by atomic mass is 16.5. The molecule has 0 amide bonds. The van der Waals surface area contributed by atoms with Crippen molar-refractivity contribution in [1.29, 1.82) is 0 Å². The highest BCUT2D eigenvalue weighted by molar-refractivity contribution is 5.01. The number of hydrogen-bond donors (Lipinski definition) is 1. The highest BCUT2D eigenvalue weighted by Crippen LogP contribution is 2.49. The van der Waals surface area contributed by atoms with Gasteiger partial charge in [0.05, 0.1) is 13.3 Å². The Balaban J connectivity index is 1.84. The van der Waals surface area contributed by atoms with Crippen molar-refractivity contribution in [3.63, 3.8) is 0 Å². The Morgan fingerprint density at radius 2 is 2.09 bits per heavy atom. The van der Waals surface area contributed by atoms with Crippen LogP contribution in [0.5, 0.6) is 0 Å². The van der Waals surface area contributed by atoms with E-state index >= 15 is 0 Å². The Labute approximate surface area is 67.3 Å². The van der Waals surface area contributed by atoms with Gasteiger partial charge < -0.3 is 4.74 Å². The van der Waals surface area contributed by atoms with Crippen LogP contribution in [-0.2, 0) is 4.74 Å².